The summed E-state index contributed by atoms with van der Waals surface area (Å²) in [6.07, 6.45) is -9.66. The Kier molecular flexibility index (Phi) is 8.35. The summed E-state index contributed by atoms with van der Waals surface area (Å²) < 4.78 is 16.8. The minimum absolute atomic E-state index is 0.480. The number of ether oxygens (including phenoxy) is 3. The van der Waals surface area contributed by atoms with Gasteiger partial charge in [-0.25, -0.2) is 0 Å². The summed E-state index contributed by atoms with van der Waals surface area (Å²) in [5, 5.41) is 64.6. The first kappa shape index (κ1) is 23.9. The van der Waals surface area contributed by atoms with Gasteiger partial charge in [-0.2, -0.15) is 0 Å². The predicted octanol–water partition coefficient (Wildman–Crippen LogP) is -4.89. The lowest BCUT2D eigenvalue weighted by Gasteiger charge is -2.52. The van der Waals surface area contributed by atoms with Crippen LogP contribution in [0.2, 0.25) is 0 Å². The number of hydrogen-bond acceptors (Lipinski definition) is 11. The first-order valence-electron chi connectivity index (χ1n) is 9.52. The van der Waals surface area contributed by atoms with Crippen molar-refractivity contribution in [3.8, 4) is 0 Å². The fourth-order valence-corrected chi connectivity index (χ4v) is 4.04. The van der Waals surface area contributed by atoms with E-state index in [-0.39, 0.29) is 0 Å². The predicted molar refractivity (Wildman–Crippen MR) is 87.2 cm³/mol. The van der Waals surface area contributed by atoms with E-state index < -0.39 is 98.7 Å². The average molecular weight is 419 g/mol. The first-order valence-corrected chi connectivity index (χ1v) is 9.52. The second-order valence-electron chi connectivity index (χ2n) is 7.68. The molecule has 2 rings (SSSR count). The zero-order valence-corrected chi connectivity index (χ0v) is 16.2. The van der Waals surface area contributed by atoms with Crippen molar-refractivity contribution in [2.75, 3.05) is 13.2 Å². The Hall–Kier alpha value is -1.34. The topological polar surface area (TPSA) is 192 Å². The number of rotatable bonds is 8. The molecule has 2 saturated heterocycles. The van der Waals surface area contributed by atoms with Crippen LogP contribution in [0.1, 0.15) is 26.7 Å². The minimum Gasteiger partial charge on any atom is -0.850 e. The van der Waals surface area contributed by atoms with Gasteiger partial charge in [0.1, 0.15) is 6.10 Å². The van der Waals surface area contributed by atoms with Gasteiger partial charge in [0.15, 0.2) is 6.29 Å². The first-order chi connectivity index (χ1) is 13.6. The van der Waals surface area contributed by atoms with E-state index in [2.05, 4.69) is 0 Å². The molecule has 2 aliphatic rings. The highest BCUT2D eigenvalue weighted by Crippen LogP contribution is 2.36. The lowest BCUT2D eigenvalue weighted by molar-refractivity contribution is -0.485. The van der Waals surface area contributed by atoms with Crippen LogP contribution in [0.4, 0.5) is 0 Å². The highest BCUT2D eigenvalue weighted by Gasteiger charge is 2.47. The van der Waals surface area contributed by atoms with Gasteiger partial charge in [0.25, 0.3) is 0 Å². The molecule has 0 amide bonds. The number of carboxylic acids is 2. The van der Waals surface area contributed by atoms with Crippen molar-refractivity contribution in [3.63, 3.8) is 0 Å². The Morgan fingerprint density at radius 3 is 2.03 bits per heavy atom. The molecule has 2 aliphatic heterocycles. The Bertz CT molecular complexity index is 570. The van der Waals surface area contributed by atoms with Crippen molar-refractivity contribution in [1.29, 1.82) is 0 Å². The van der Waals surface area contributed by atoms with E-state index in [0.717, 1.165) is 0 Å². The van der Waals surface area contributed by atoms with Crippen molar-refractivity contribution >= 4 is 11.9 Å². The van der Waals surface area contributed by atoms with Crippen molar-refractivity contribution in [2.24, 2.45) is 17.8 Å². The third-order valence-corrected chi connectivity index (χ3v) is 5.78. The maximum absolute atomic E-state index is 12.9. The fourth-order valence-electron chi connectivity index (χ4n) is 4.04. The van der Waals surface area contributed by atoms with Crippen LogP contribution in [0, 0.1) is 17.8 Å². The molecular weight excluding hydrogens is 392 g/mol. The number of carbonyl (C=O) groups excluding carboxylic acids is 2. The monoisotopic (exact) mass is 419 g/mol. The van der Waals surface area contributed by atoms with Gasteiger partial charge in [0.05, 0.1) is 37.6 Å². The third kappa shape index (κ3) is 5.43. The van der Waals surface area contributed by atoms with Crippen LogP contribution in [0.25, 0.3) is 0 Å². The van der Waals surface area contributed by atoms with E-state index >= 15 is 0 Å². The lowest BCUT2D eigenvalue weighted by Crippen LogP contribution is -2.64. The van der Waals surface area contributed by atoms with Gasteiger partial charge in [-0.05, 0) is 25.7 Å². The summed E-state index contributed by atoms with van der Waals surface area (Å²) in [7, 11) is 0. The van der Waals surface area contributed by atoms with E-state index in [1.165, 1.54) is 6.92 Å². The van der Waals surface area contributed by atoms with Gasteiger partial charge < -0.3 is 54.4 Å². The SMILES string of the molecule is C[C@@H]1OC(CO)[C@@H](O[C@@H]2OC(CO)[C@@H](C)[C@H](O)C2CC(=O)[O-])[C@H]([O-])C1CC(=O)[O-]. The largest absolute Gasteiger partial charge is 0.850 e. The molecule has 0 aliphatic carbocycles. The van der Waals surface area contributed by atoms with E-state index in [1.807, 2.05) is 0 Å². The van der Waals surface area contributed by atoms with Gasteiger partial charge >= 0.3 is 0 Å². The van der Waals surface area contributed by atoms with E-state index in [0.29, 0.717) is 0 Å². The molecule has 0 saturated carbocycles. The van der Waals surface area contributed by atoms with Crippen molar-refractivity contribution in [2.45, 2.75) is 69.6 Å². The quantitative estimate of drug-likeness (QED) is 0.341. The van der Waals surface area contributed by atoms with Crippen LogP contribution in [0.5, 0.6) is 0 Å². The smallest absolute Gasteiger partial charge is 0.164 e. The van der Waals surface area contributed by atoms with Crippen LogP contribution < -0.4 is 15.3 Å². The number of hydrogen-bond donors (Lipinski definition) is 3. The van der Waals surface area contributed by atoms with E-state index in [1.54, 1.807) is 6.92 Å². The third-order valence-electron chi connectivity index (χ3n) is 5.78. The van der Waals surface area contributed by atoms with Crippen molar-refractivity contribution in [1.82, 2.24) is 0 Å². The highest BCUT2D eigenvalue weighted by molar-refractivity contribution is 5.65. The lowest BCUT2D eigenvalue weighted by atomic mass is 9.82. The normalized spacial score (nSPS) is 43.1. The Morgan fingerprint density at radius 2 is 1.52 bits per heavy atom. The molecule has 4 unspecified atom stereocenters. The molecule has 2 fully saturated rings. The molecule has 11 heteroatoms. The van der Waals surface area contributed by atoms with Gasteiger partial charge in [-0.3, -0.25) is 0 Å². The molecule has 0 aromatic heterocycles. The standard InChI is InChI=1S/C18H29O11/c1-7-11(5-19)28-18(10(15(7)25)4-14(23)24)29-17-12(6-20)27-8(2)9(16(17)26)3-13(21)22/h7-12,15-20,25H,3-6H2,1-2H3,(H,21,22)(H,23,24)/q-1/p-2/t7-,8+,9?,10?,11?,12?,15+,16-,17-,18+/m1/s1. The average Bonchev–Trinajstić information content (AvgIpc) is 2.65. The van der Waals surface area contributed by atoms with Crippen LogP contribution in [-0.4, -0.2) is 83.4 Å². The molecule has 168 valence electrons. The molecule has 11 nitrogen and oxygen atoms in total. The fraction of sp³-hybridized carbons (Fsp3) is 0.889. The molecule has 2 heterocycles. The molecular formula is C18H27O11-3. The maximum atomic E-state index is 12.9. The number of aliphatic carboxylic acids is 2. The molecule has 0 aromatic carbocycles. The zero-order chi connectivity index (χ0) is 21.9. The van der Waals surface area contributed by atoms with E-state index in [9.17, 15) is 40.2 Å². The van der Waals surface area contributed by atoms with E-state index in [4.69, 9.17) is 14.2 Å². The van der Waals surface area contributed by atoms with Crippen molar-refractivity contribution in [3.05, 3.63) is 0 Å². The second-order valence-corrected chi connectivity index (χ2v) is 7.68. The van der Waals surface area contributed by atoms with Gasteiger partial charge in [0, 0.05) is 23.8 Å². The number of aliphatic hydroxyl groups excluding tert-OH is 3. The molecule has 0 radical (unpaired) electrons. The highest BCUT2D eigenvalue weighted by atomic mass is 16.7. The van der Waals surface area contributed by atoms with Gasteiger partial charge in [-0.1, -0.05) is 13.0 Å². The molecule has 0 spiro atoms. The Morgan fingerprint density at radius 1 is 0.966 bits per heavy atom. The maximum Gasteiger partial charge on any atom is 0.164 e. The molecule has 10 atom stereocenters. The summed E-state index contributed by atoms with van der Waals surface area (Å²) in [5.74, 6) is -5.66. The summed E-state index contributed by atoms with van der Waals surface area (Å²) in [5.41, 5.74) is 0. The van der Waals surface area contributed by atoms with Crippen LogP contribution >= 0.6 is 0 Å². The van der Waals surface area contributed by atoms with Crippen LogP contribution in [-0.2, 0) is 23.8 Å². The summed E-state index contributed by atoms with van der Waals surface area (Å²) in [4.78, 5) is 22.1. The van der Waals surface area contributed by atoms with Gasteiger partial charge in [0.2, 0.25) is 0 Å². The number of carbonyl (C=O) groups is 2. The molecule has 3 N–H and O–H groups in total. The minimum atomic E-state index is -1.65. The molecule has 29 heavy (non-hydrogen) atoms. The molecule has 0 bridgehead atoms. The number of carboxylic acid groups (broad SMARTS) is 2. The Balaban J connectivity index is 2.26. The summed E-state index contributed by atoms with van der Waals surface area (Å²) >= 11 is 0. The summed E-state index contributed by atoms with van der Waals surface area (Å²) in [6.45, 7) is 1.98. The van der Waals surface area contributed by atoms with Gasteiger partial charge in [-0.15, -0.1) is 0 Å². The number of aliphatic hydroxyl groups is 3. The second kappa shape index (κ2) is 10.1. The van der Waals surface area contributed by atoms with Crippen LogP contribution in [0.15, 0.2) is 0 Å². The summed E-state index contributed by atoms with van der Waals surface area (Å²) in [6, 6.07) is 0. The zero-order valence-electron chi connectivity index (χ0n) is 16.2. The van der Waals surface area contributed by atoms with Crippen molar-refractivity contribution < 1.29 is 54.4 Å². The molecule has 0 aromatic rings. The Labute approximate surface area is 167 Å². The van der Waals surface area contributed by atoms with Crippen LogP contribution in [0.3, 0.4) is 0 Å².